The van der Waals surface area contributed by atoms with Gasteiger partial charge in [0.1, 0.15) is 6.04 Å². The van der Waals surface area contributed by atoms with E-state index in [0.29, 0.717) is 26.1 Å². The van der Waals surface area contributed by atoms with Crippen molar-refractivity contribution in [2.24, 2.45) is 11.8 Å². The maximum atomic E-state index is 13.3. The second kappa shape index (κ2) is 7.98. The number of nitrogens with one attached hydrogen (secondary N) is 2. The van der Waals surface area contributed by atoms with Crippen LogP contribution in [0.25, 0.3) is 0 Å². The molecule has 1 fully saturated rings. The van der Waals surface area contributed by atoms with Crippen LogP contribution in [0.4, 0.5) is 10.5 Å². The number of para-hydroxylation sites is 1. The first-order valence-corrected chi connectivity index (χ1v) is 9.62. The minimum atomic E-state index is -0.533. The topological polar surface area (TPSA) is 81.8 Å². The molecule has 2 heterocycles. The van der Waals surface area contributed by atoms with Gasteiger partial charge in [0.15, 0.2) is 0 Å². The maximum Gasteiger partial charge on any atom is 0.321 e. The highest BCUT2D eigenvalue weighted by molar-refractivity contribution is 5.99. The van der Waals surface area contributed by atoms with Crippen LogP contribution in [-0.4, -0.2) is 53.8 Å². The molecule has 2 N–H and O–H groups in total. The summed E-state index contributed by atoms with van der Waals surface area (Å²) in [6, 6.07) is 6.89. The van der Waals surface area contributed by atoms with Crippen LogP contribution in [0.5, 0.6) is 0 Å². The Morgan fingerprint density at radius 1 is 1.33 bits per heavy atom. The summed E-state index contributed by atoms with van der Waals surface area (Å²) in [5.41, 5.74) is 1.68. The molecule has 4 amide bonds. The first kappa shape index (κ1) is 19.2. The number of nitrogens with zero attached hydrogens (tertiary/aromatic N) is 2. The zero-order valence-corrected chi connectivity index (χ0v) is 16.2. The number of carbonyl (C=O) groups is 3. The molecule has 1 aromatic carbocycles. The second-order valence-electron chi connectivity index (χ2n) is 7.43. The highest BCUT2D eigenvalue weighted by Crippen LogP contribution is 2.29. The van der Waals surface area contributed by atoms with Gasteiger partial charge in [-0.25, -0.2) is 4.79 Å². The van der Waals surface area contributed by atoms with Crippen LogP contribution in [0, 0.1) is 11.8 Å². The fourth-order valence-corrected chi connectivity index (χ4v) is 3.92. The number of likely N-dealkylation sites (tertiary alicyclic amines) is 1. The molecule has 0 spiro atoms. The Bertz CT molecular complexity index is 736. The van der Waals surface area contributed by atoms with Gasteiger partial charge in [-0.2, -0.15) is 0 Å². The quantitative estimate of drug-likeness (QED) is 0.852. The Balaban J connectivity index is 1.88. The van der Waals surface area contributed by atoms with Crippen molar-refractivity contribution < 1.29 is 14.4 Å². The van der Waals surface area contributed by atoms with Gasteiger partial charge in [0.05, 0.1) is 12.5 Å². The largest absolute Gasteiger partial charge is 0.359 e. The van der Waals surface area contributed by atoms with Gasteiger partial charge in [-0.15, -0.1) is 0 Å². The lowest BCUT2D eigenvalue weighted by Crippen LogP contribution is -2.53. The van der Waals surface area contributed by atoms with E-state index in [2.05, 4.69) is 10.6 Å². The van der Waals surface area contributed by atoms with Crippen molar-refractivity contribution in [2.75, 3.05) is 25.5 Å². The van der Waals surface area contributed by atoms with Crippen molar-refractivity contribution in [3.63, 3.8) is 0 Å². The van der Waals surface area contributed by atoms with Crippen LogP contribution < -0.4 is 10.6 Å². The van der Waals surface area contributed by atoms with Crippen molar-refractivity contribution in [2.45, 2.75) is 39.3 Å². The Morgan fingerprint density at radius 3 is 2.78 bits per heavy atom. The van der Waals surface area contributed by atoms with Crippen molar-refractivity contribution in [3.8, 4) is 0 Å². The van der Waals surface area contributed by atoms with E-state index in [-0.39, 0.29) is 29.7 Å². The number of hydrogen-bond acceptors (Lipinski definition) is 3. The third-order valence-corrected chi connectivity index (χ3v) is 5.72. The standard InChI is InChI=1S/C20H28N4O3/c1-4-13(2)17-19(26)22-16-8-6-5-7-14(16)12-24(17)20(27)23-10-9-15(11-23)18(25)21-3/h5-8,13,15,17H,4,9-12H2,1-3H3,(H,21,25)(H,22,26). The zero-order chi connectivity index (χ0) is 19.6. The molecule has 27 heavy (non-hydrogen) atoms. The summed E-state index contributed by atoms with van der Waals surface area (Å²) in [6.45, 7) is 5.33. The van der Waals surface area contributed by atoms with Gasteiger partial charge in [-0.1, -0.05) is 38.5 Å². The van der Waals surface area contributed by atoms with Gasteiger partial charge in [0.25, 0.3) is 0 Å². The van der Waals surface area contributed by atoms with E-state index < -0.39 is 6.04 Å². The Morgan fingerprint density at radius 2 is 2.07 bits per heavy atom. The molecule has 146 valence electrons. The predicted molar refractivity (Wildman–Crippen MR) is 103 cm³/mol. The minimum Gasteiger partial charge on any atom is -0.359 e. The number of fused-ring (bicyclic) bond motifs is 1. The van der Waals surface area contributed by atoms with Crippen LogP contribution in [0.3, 0.4) is 0 Å². The number of benzene rings is 1. The van der Waals surface area contributed by atoms with Crippen molar-refractivity contribution >= 4 is 23.5 Å². The van der Waals surface area contributed by atoms with Gasteiger partial charge in [-0.05, 0) is 24.0 Å². The summed E-state index contributed by atoms with van der Waals surface area (Å²) in [6.07, 6.45) is 1.44. The summed E-state index contributed by atoms with van der Waals surface area (Å²) in [5.74, 6) is -0.345. The van der Waals surface area contributed by atoms with Crippen LogP contribution >= 0.6 is 0 Å². The van der Waals surface area contributed by atoms with Gasteiger partial charge < -0.3 is 20.4 Å². The molecule has 1 aromatic rings. The van der Waals surface area contributed by atoms with E-state index in [1.807, 2.05) is 38.1 Å². The van der Waals surface area contributed by atoms with Gasteiger partial charge >= 0.3 is 6.03 Å². The monoisotopic (exact) mass is 372 g/mol. The molecule has 3 atom stereocenters. The van der Waals surface area contributed by atoms with Crippen LogP contribution in [-0.2, 0) is 16.1 Å². The molecule has 0 saturated carbocycles. The molecule has 0 bridgehead atoms. The normalized spacial score (nSPS) is 23.3. The van der Waals surface area contributed by atoms with Crippen molar-refractivity contribution in [1.29, 1.82) is 0 Å². The van der Waals surface area contributed by atoms with Gasteiger partial charge in [0, 0.05) is 25.8 Å². The molecule has 2 aliphatic rings. The fraction of sp³-hybridized carbons (Fsp3) is 0.550. The predicted octanol–water partition coefficient (Wildman–Crippen LogP) is 2.04. The van der Waals surface area contributed by atoms with E-state index in [0.717, 1.165) is 17.7 Å². The number of anilines is 1. The average molecular weight is 372 g/mol. The lowest BCUT2D eigenvalue weighted by atomic mass is 9.97. The summed E-state index contributed by atoms with van der Waals surface area (Å²) in [4.78, 5) is 41.6. The van der Waals surface area contributed by atoms with Crippen LogP contribution in [0.15, 0.2) is 24.3 Å². The van der Waals surface area contributed by atoms with Crippen molar-refractivity contribution in [1.82, 2.24) is 15.1 Å². The Hall–Kier alpha value is -2.57. The molecule has 7 nitrogen and oxygen atoms in total. The highest BCUT2D eigenvalue weighted by atomic mass is 16.2. The molecular weight excluding hydrogens is 344 g/mol. The number of hydrogen-bond donors (Lipinski definition) is 2. The lowest BCUT2D eigenvalue weighted by molar-refractivity contribution is -0.124. The molecule has 7 heteroatoms. The molecule has 2 aliphatic heterocycles. The SMILES string of the molecule is CCC(C)C1C(=O)Nc2ccccc2CN1C(=O)N1CCC(C(=O)NC)C1. The summed E-state index contributed by atoms with van der Waals surface area (Å²) in [5, 5.41) is 5.64. The number of carbonyl (C=O) groups excluding carboxylic acids is 3. The summed E-state index contributed by atoms with van der Waals surface area (Å²) < 4.78 is 0. The smallest absolute Gasteiger partial charge is 0.321 e. The first-order chi connectivity index (χ1) is 13.0. The number of amides is 4. The van der Waals surface area contributed by atoms with E-state index >= 15 is 0 Å². The average Bonchev–Trinajstić information content (AvgIpc) is 3.11. The minimum absolute atomic E-state index is 0.0283. The zero-order valence-electron chi connectivity index (χ0n) is 16.2. The Kier molecular flexibility index (Phi) is 5.68. The fourth-order valence-electron chi connectivity index (χ4n) is 3.92. The molecule has 0 radical (unpaired) electrons. The molecular formula is C20H28N4O3. The molecule has 0 aromatic heterocycles. The van der Waals surface area contributed by atoms with E-state index in [1.54, 1.807) is 16.8 Å². The first-order valence-electron chi connectivity index (χ1n) is 9.62. The van der Waals surface area contributed by atoms with Crippen LogP contribution in [0.1, 0.15) is 32.3 Å². The van der Waals surface area contributed by atoms with E-state index in [1.165, 1.54) is 0 Å². The lowest BCUT2D eigenvalue weighted by Gasteiger charge is -2.35. The van der Waals surface area contributed by atoms with Gasteiger partial charge in [0.2, 0.25) is 11.8 Å². The highest BCUT2D eigenvalue weighted by Gasteiger charge is 2.40. The summed E-state index contributed by atoms with van der Waals surface area (Å²) in [7, 11) is 1.61. The molecule has 3 rings (SSSR count). The van der Waals surface area contributed by atoms with E-state index in [9.17, 15) is 14.4 Å². The van der Waals surface area contributed by atoms with Crippen molar-refractivity contribution in [3.05, 3.63) is 29.8 Å². The number of urea groups is 1. The third kappa shape index (κ3) is 3.77. The Labute approximate surface area is 160 Å². The second-order valence-corrected chi connectivity index (χ2v) is 7.43. The third-order valence-electron chi connectivity index (χ3n) is 5.72. The molecule has 3 unspecified atom stereocenters. The van der Waals surface area contributed by atoms with Crippen LogP contribution in [0.2, 0.25) is 0 Å². The molecule has 0 aliphatic carbocycles. The number of rotatable bonds is 3. The van der Waals surface area contributed by atoms with E-state index in [4.69, 9.17) is 0 Å². The summed E-state index contributed by atoms with van der Waals surface area (Å²) >= 11 is 0. The molecule has 1 saturated heterocycles. The van der Waals surface area contributed by atoms with Gasteiger partial charge in [-0.3, -0.25) is 9.59 Å². The maximum absolute atomic E-state index is 13.3.